The number of ether oxygens (including phenoxy) is 1. The number of nitrogens with zero attached hydrogens (tertiary/aromatic N) is 3. The largest absolute Gasteiger partial charge is 0.372 e. The van der Waals surface area contributed by atoms with Crippen LogP contribution in [0.5, 0.6) is 0 Å². The number of aryl methyl sites for hydroxylation is 3. The van der Waals surface area contributed by atoms with E-state index in [1.807, 2.05) is 36.5 Å². The Kier molecular flexibility index (Phi) is 4.81. The van der Waals surface area contributed by atoms with Gasteiger partial charge in [0, 0.05) is 32.3 Å². The van der Waals surface area contributed by atoms with E-state index in [-0.39, 0.29) is 18.1 Å². The van der Waals surface area contributed by atoms with Gasteiger partial charge in [-0.3, -0.25) is 9.48 Å². The van der Waals surface area contributed by atoms with Crippen LogP contribution in [0.15, 0.2) is 6.20 Å². The van der Waals surface area contributed by atoms with Crippen molar-refractivity contribution in [2.45, 2.75) is 59.3 Å². The minimum absolute atomic E-state index is 0.132. The Morgan fingerprint density at radius 1 is 1.40 bits per heavy atom. The molecule has 2 rings (SSSR count). The van der Waals surface area contributed by atoms with Crippen molar-refractivity contribution in [1.29, 1.82) is 0 Å². The van der Waals surface area contributed by atoms with Gasteiger partial charge in [0.25, 0.3) is 0 Å². The van der Waals surface area contributed by atoms with Crippen LogP contribution >= 0.6 is 0 Å². The average Bonchev–Trinajstić information content (AvgIpc) is 2.75. The third-order valence-electron chi connectivity index (χ3n) is 3.75. The molecule has 0 N–H and O–H groups in total. The van der Waals surface area contributed by atoms with E-state index in [4.69, 9.17) is 4.74 Å². The summed E-state index contributed by atoms with van der Waals surface area (Å²) < 4.78 is 7.58. The molecule has 0 saturated carbocycles. The lowest BCUT2D eigenvalue weighted by molar-refractivity contribution is -0.143. The Balaban J connectivity index is 1.89. The first kappa shape index (κ1) is 15.0. The zero-order valence-electron chi connectivity index (χ0n) is 12.9. The van der Waals surface area contributed by atoms with Crippen LogP contribution in [0, 0.1) is 6.92 Å². The summed E-state index contributed by atoms with van der Waals surface area (Å²) >= 11 is 0. The molecule has 0 spiro atoms. The first-order chi connectivity index (χ1) is 9.49. The standard InChI is InChI=1S/C15H25N3O2/c1-5-18-10-14(13(4)16-18)6-7-15(19)17-8-11(2)20-12(3)9-17/h10-12H,5-9H2,1-4H3/t11-,12-/m1/s1. The second-order valence-electron chi connectivity index (χ2n) is 5.65. The Labute approximate surface area is 120 Å². The minimum Gasteiger partial charge on any atom is -0.372 e. The monoisotopic (exact) mass is 279 g/mol. The zero-order valence-corrected chi connectivity index (χ0v) is 12.9. The van der Waals surface area contributed by atoms with E-state index in [9.17, 15) is 4.79 Å². The lowest BCUT2D eigenvalue weighted by Crippen LogP contribution is -2.48. The molecule has 1 fully saturated rings. The van der Waals surface area contributed by atoms with Crippen molar-refractivity contribution in [3.8, 4) is 0 Å². The lowest BCUT2D eigenvalue weighted by Gasteiger charge is -2.35. The number of rotatable bonds is 4. The summed E-state index contributed by atoms with van der Waals surface area (Å²) in [6.07, 6.45) is 3.63. The Morgan fingerprint density at radius 2 is 2.05 bits per heavy atom. The van der Waals surface area contributed by atoms with Gasteiger partial charge >= 0.3 is 0 Å². The molecule has 112 valence electrons. The fourth-order valence-corrected chi connectivity index (χ4v) is 2.75. The minimum atomic E-state index is 0.132. The first-order valence-corrected chi connectivity index (χ1v) is 7.45. The fourth-order valence-electron chi connectivity index (χ4n) is 2.75. The van der Waals surface area contributed by atoms with Gasteiger partial charge in [0.1, 0.15) is 0 Å². The van der Waals surface area contributed by atoms with E-state index < -0.39 is 0 Å². The average molecular weight is 279 g/mol. The predicted octanol–water partition coefficient (Wildman–Crippen LogP) is 1.78. The van der Waals surface area contributed by atoms with Crippen molar-refractivity contribution < 1.29 is 9.53 Å². The van der Waals surface area contributed by atoms with E-state index in [0.717, 1.165) is 18.7 Å². The van der Waals surface area contributed by atoms with Gasteiger partial charge in [-0.25, -0.2) is 0 Å². The van der Waals surface area contributed by atoms with E-state index in [1.165, 1.54) is 5.56 Å². The molecule has 1 aliphatic heterocycles. The normalized spacial score (nSPS) is 23.1. The SMILES string of the molecule is CCn1cc(CCC(=O)N2C[C@@H](C)O[C@H](C)C2)c(C)n1. The summed E-state index contributed by atoms with van der Waals surface area (Å²) in [4.78, 5) is 14.2. The molecule has 0 radical (unpaired) electrons. The Hall–Kier alpha value is -1.36. The molecule has 1 amide bonds. The van der Waals surface area contributed by atoms with Crippen LogP contribution in [0.3, 0.4) is 0 Å². The summed E-state index contributed by atoms with van der Waals surface area (Å²) in [5.74, 6) is 0.218. The zero-order chi connectivity index (χ0) is 14.7. The van der Waals surface area contributed by atoms with E-state index in [2.05, 4.69) is 12.0 Å². The molecular formula is C15H25N3O2. The molecule has 5 heteroatoms. The maximum atomic E-state index is 12.3. The number of aromatic nitrogens is 2. The Morgan fingerprint density at radius 3 is 2.60 bits per heavy atom. The number of carbonyl (C=O) groups excluding carboxylic acids is 1. The van der Waals surface area contributed by atoms with Crippen LogP contribution in [-0.2, 0) is 22.5 Å². The summed E-state index contributed by atoms with van der Waals surface area (Å²) in [5.41, 5.74) is 2.21. The van der Waals surface area contributed by atoms with Crippen molar-refractivity contribution in [3.63, 3.8) is 0 Å². The third kappa shape index (κ3) is 3.60. The maximum absolute atomic E-state index is 12.3. The molecule has 0 bridgehead atoms. The molecule has 5 nitrogen and oxygen atoms in total. The van der Waals surface area contributed by atoms with Crippen LogP contribution in [0.4, 0.5) is 0 Å². The highest BCUT2D eigenvalue weighted by Crippen LogP contribution is 2.14. The van der Waals surface area contributed by atoms with Crippen molar-refractivity contribution in [2.75, 3.05) is 13.1 Å². The molecule has 0 aromatic carbocycles. The highest BCUT2D eigenvalue weighted by Gasteiger charge is 2.25. The van der Waals surface area contributed by atoms with Gasteiger partial charge in [-0.05, 0) is 39.7 Å². The molecule has 1 aliphatic rings. The van der Waals surface area contributed by atoms with Gasteiger partial charge in [0.05, 0.1) is 17.9 Å². The molecule has 0 aliphatic carbocycles. The van der Waals surface area contributed by atoms with Crippen molar-refractivity contribution >= 4 is 5.91 Å². The van der Waals surface area contributed by atoms with E-state index >= 15 is 0 Å². The van der Waals surface area contributed by atoms with Gasteiger partial charge in [-0.2, -0.15) is 5.10 Å². The molecule has 1 saturated heterocycles. The van der Waals surface area contributed by atoms with Crippen LogP contribution in [-0.4, -0.2) is 45.9 Å². The number of hydrogen-bond donors (Lipinski definition) is 0. The van der Waals surface area contributed by atoms with Gasteiger partial charge in [0.2, 0.25) is 5.91 Å². The molecule has 2 atom stereocenters. The molecule has 0 unspecified atom stereocenters. The first-order valence-electron chi connectivity index (χ1n) is 7.45. The number of carbonyl (C=O) groups is 1. The number of hydrogen-bond acceptors (Lipinski definition) is 3. The highest BCUT2D eigenvalue weighted by atomic mass is 16.5. The molecule has 20 heavy (non-hydrogen) atoms. The predicted molar refractivity (Wildman–Crippen MR) is 77.5 cm³/mol. The molecule has 1 aromatic heterocycles. The van der Waals surface area contributed by atoms with Crippen molar-refractivity contribution in [3.05, 3.63) is 17.5 Å². The second-order valence-corrected chi connectivity index (χ2v) is 5.65. The molecule has 1 aromatic rings. The van der Waals surface area contributed by atoms with Gasteiger partial charge < -0.3 is 9.64 Å². The fraction of sp³-hybridized carbons (Fsp3) is 0.733. The quantitative estimate of drug-likeness (QED) is 0.844. The van der Waals surface area contributed by atoms with Crippen molar-refractivity contribution in [2.24, 2.45) is 0 Å². The maximum Gasteiger partial charge on any atom is 0.223 e. The lowest BCUT2D eigenvalue weighted by atomic mass is 10.1. The van der Waals surface area contributed by atoms with Gasteiger partial charge in [-0.15, -0.1) is 0 Å². The van der Waals surface area contributed by atoms with Crippen LogP contribution in [0.1, 0.15) is 38.4 Å². The Bertz CT molecular complexity index is 460. The van der Waals surface area contributed by atoms with Gasteiger partial charge in [0.15, 0.2) is 0 Å². The third-order valence-corrected chi connectivity index (χ3v) is 3.75. The van der Waals surface area contributed by atoms with Gasteiger partial charge in [-0.1, -0.05) is 0 Å². The summed E-state index contributed by atoms with van der Waals surface area (Å²) in [6.45, 7) is 10.4. The van der Waals surface area contributed by atoms with E-state index in [1.54, 1.807) is 0 Å². The summed E-state index contributed by atoms with van der Waals surface area (Å²) in [6, 6.07) is 0. The highest BCUT2D eigenvalue weighted by molar-refractivity contribution is 5.76. The number of amides is 1. The molecular weight excluding hydrogens is 254 g/mol. The summed E-state index contributed by atoms with van der Waals surface area (Å²) in [5, 5.41) is 4.42. The molecule has 2 heterocycles. The van der Waals surface area contributed by atoms with E-state index in [0.29, 0.717) is 19.5 Å². The topological polar surface area (TPSA) is 47.4 Å². The van der Waals surface area contributed by atoms with Crippen LogP contribution < -0.4 is 0 Å². The van der Waals surface area contributed by atoms with Crippen molar-refractivity contribution in [1.82, 2.24) is 14.7 Å². The number of morpholine rings is 1. The second kappa shape index (κ2) is 6.39. The summed E-state index contributed by atoms with van der Waals surface area (Å²) in [7, 11) is 0. The smallest absolute Gasteiger partial charge is 0.223 e. The van der Waals surface area contributed by atoms with Crippen LogP contribution in [0.25, 0.3) is 0 Å². The van der Waals surface area contributed by atoms with Crippen LogP contribution in [0.2, 0.25) is 0 Å².